The molecule has 0 aliphatic rings. The van der Waals surface area contributed by atoms with Crippen molar-refractivity contribution in [1.29, 1.82) is 0 Å². The van der Waals surface area contributed by atoms with Crippen LogP contribution in [0.3, 0.4) is 0 Å². The highest BCUT2D eigenvalue weighted by Gasteiger charge is 2.13. The van der Waals surface area contributed by atoms with Gasteiger partial charge in [-0.25, -0.2) is 4.98 Å². The second-order valence-electron chi connectivity index (χ2n) is 7.10. The van der Waals surface area contributed by atoms with Gasteiger partial charge in [0.05, 0.1) is 29.6 Å². The summed E-state index contributed by atoms with van der Waals surface area (Å²) in [6.07, 6.45) is 1.17. The van der Waals surface area contributed by atoms with Crippen molar-refractivity contribution in [3.05, 3.63) is 54.2 Å². The maximum Gasteiger partial charge on any atom is 0.277 e. The summed E-state index contributed by atoms with van der Waals surface area (Å²) < 4.78 is 10.9. The van der Waals surface area contributed by atoms with Gasteiger partial charge in [-0.1, -0.05) is 23.9 Å². The minimum atomic E-state index is -0.277. The van der Waals surface area contributed by atoms with Crippen molar-refractivity contribution in [3.63, 3.8) is 0 Å². The van der Waals surface area contributed by atoms with Crippen LogP contribution in [0, 0.1) is 0 Å². The van der Waals surface area contributed by atoms with Crippen LogP contribution in [0.2, 0.25) is 0 Å². The molecule has 0 fully saturated rings. The number of anilines is 2. The van der Waals surface area contributed by atoms with Crippen LogP contribution in [-0.2, 0) is 22.4 Å². The maximum atomic E-state index is 12.4. The normalized spacial score (nSPS) is 10.8. The van der Waals surface area contributed by atoms with E-state index in [1.165, 1.54) is 14.0 Å². The predicted molar refractivity (Wildman–Crippen MR) is 124 cm³/mol. The Labute approximate surface area is 193 Å². The molecule has 33 heavy (non-hydrogen) atoms. The number of thioether (sulfide) groups is 1. The first-order valence-electron chi connectivity index (χ1n) is 10.1. The van der Waals surface area contributed by atoms with E-state index in [9.17, 15) is 9.59 Å². The summed E-state index contributed by atoms with van der Waals surface area (Å²) in [4.78, 5) is 31.5. The molecule has 0 radical (unpaired) electrons. The number of carbonyl (C=O) groups is 2. The largest absolute Gasteiger partial charge is 0.495 e. The lowest BCUT2D eigenvalue weighted by atomic mass is 10.2. The summed E-state index contributed by atoms with van der Waals surface area (Å²) in [7, 11) is 1.50. The van der Waals surface area contributed by atoms with E-state index in [0.717, 1.165) is 28.6 Å². The number of aromatic amines is 1. The number of aromatic nitrogens is 4. The minimum Gasteiger partial charge on any atom is -0.495 e. The second kappa shape index (κ2) is 10.2. The van der Waals surface area contributed by atoms with Crippen molar-refractivity contribution in [2.45, 2.75) is 25.0 Å². The van der Waals surface area contributed by atoms with Crippen LogP contribution in [0.15, 0.2) is 52.1 Å². The zero-order valence-corrected chi connectivity index (χ0v) is 18.9. The van der Waals surface area contributed by atoms with Crippen molar-refractivity contribution < 1.29 is 18.7 Å². The quantitative estimate of drug-likeness (QED) is 0.319. The van der Waals surface area contributed by atoms with E-state index >= 15 is 0 Å². The van der Waals surface area contributed by atoms with Crippen molar-refractivity contribution in [3.8, 4) is 5.75 Å². The molecular formula is C22H22N6O4S. The van der Waals surface area contributed by atoms with E-state index in [-0.39, 0.29) is 17.6 Å². The number of fused-ring (bicyclic) bond motifs is 1. The van der Waals surface area contributed by atoms with Crippen LogP contribution in [0.5, 0.6) is 5.75 Å². The molecular weight excluding hydrogens is 444 g/mol. The molecule has 3 N–H and O–H groups in total. The number of ether oxygens (including phenoxy) is 1. The summed E-state index contributed by atoms with van der Waals surface area (Å²) in [6, 6.07) is 12.8. The van der Waals surface area contributed by atoms with Gasteiger partial charge in [0.2, 0.25) is 17.7 Å². The van der Waals surface area contributed by atoms with Crippen LogP contribution < -0.4 is 15.4 Å². The van der Waals surface area contributed by atoms with Gasteiger partial charge < -0.3 is 24.8 Å². The summed E-state index contributed by atoms with van der Waals surface area (Å²) in [5.41, 5.74) is 2.91. The summed E-state index contributed by atoms with van der Waals surface area (Å²) >= 11 is 1.14. The molecule has 10 nitrogen and oxygen atoms in total. The average molecular weight is 467 g/mol. The van der Waals surface area contributed by atoms with Gasteiger partial charge in [-0.2, -0.15) is 0 Å². The molecule has 2 amide bonds. The van der Waals surface area contributed by atoms with Gasteiger partial charge in [0.15, 0.2) is 0 Å². The standard InChI is InChI=1S/C22H22N6O4S/c1-13(29)23-14-7-8-18(31-2)17(11-14)26-20(30)12-33-22-28-27-21(32-22)10-9-19-24-15-5-3-4-6-16(15)25-19/h3-8,11H,9-10,12H2,1-2H3,(H,23,29)(H,24,25)(H,26,30). The number of hydrogen-bond acceptors (Lipinski definition) is 8. The lowest BCUT2D eigenvalue weighted by Gasteiger charge is -2.12. The number of carbonyl (C=O) groups excluding carboxylic acids is 2. The number of imidazole rings is 1. The van der Waals surface area contributed by atoms with Crippen LogP contribution in [-0.4, -0.2) is 44.8 Å². The Kier molecular flexibility index (Phi) is 6.89. The van der Waals surface area contributed by atoms with Gasteiger partial charge in [-0.05, 0) is 30.3 Å². The highest BCUT2D eigenvalue weighted by atomic mass is 32.2. The molecule has 4 rings (SSSR count). The minimum absolute atomic E-state index is 0.0682. The fourth-order valence-electron chi connectivity index (χ4n) is 3.15. The highest BCUT2D eigenvalue weighted by Crippen LogP contribution is 2.28. The van der Waals surface area contributed by atoms with Crippen LogP contribution in [0.1, 0.15) is 18.6 Å². The zero-order chi connectivity index (χ0) is 23.2. The Morgan fingerprint density at radius 2 is 1.97 bits per heavy atom. The maximum absolute atomic E-state index is 12.4. The van der Waals surface area contributed by atoms with Crippen molar-refractivity contribution >= 4 is 46.0 Å². The van der Waals surface area contributed by atoms with E-state index in [1.54, 1.807) is 18.2 Å². The third kappa shape index (κ3) is 5.89. The molecule has 170 valence electrons. The van der Waals surface area contributed by atoms with Gasteiger partial charge in [0, 0.05) is 25.5 Å². The lowest BCUT2D eigenvalue weighted by molar-refractivity contribution is -0.114. The Hall–Kier alpha value is -3.86. The smallest absolute Gasteiger partial charge is 0.277 e. The number of hydrogen-bond donors (Lipinski definition) is 3. The Morgan fingerprint density at radius 3 is 2.76 bits per heavy atom. The molecule has 0 spiro atoms. The molecule has 0 unspecified atom stereocenters. The van der Waals surface area contributed by atoms with Gasteiger partial charge in [0.25, 0.3) is 5.22 Å². The van der Waals surface area contributed by atoms with Gasteiger partial charge >= 0.3 is 0 Å². The molecule has 2 aromatic carbocycles. The van der Waals surface area contributed by atoms with E-state index in [0.29, 0.717) is 41.1 Å². The number of amides is 2. The summed E-state index contributed by atoms with van der Waals surface area (Å²) in [5.74, 6) is 1.38. The number of nitrogens with one attached hydrogen (secondary N) is 3. The summed E-state index contributed by atoms with van der Waals surface area (Å²) in [5, 5.41) is 13.8. The molecule has 0 saturated carbocycles. The van der Waals surface area contributed by atoms with Crippen molar-refractivity contribution in [2.24, 2.45) is 0 Å². The highest BCUT2D eigenvalue weighted by molar-refractivity contribution is 7.99. The predicted octanol–water partition coefficient (Wildman–Crippen LogP) is 3.43. The molecule has 0 aliphatic carbocycles. The topological polar surface area (TPSA) is 135 Å². The molecule has 0 aliphatic heterocycles. The van der Waals surface area contributed by atoms with Crippen molar-refractivity contribution in [2.75, 3.05) is 23.5 Å². The second-order valence-corrected chi connectivity index (χ2v) is 8.02. The number of benzene rings is 2. The monoisotopic (exact) mass is 466 g/mol. The zero-order valence-electron chi connectivity index (χ0n) is 18.0. The molecule has 0 bridgehead atoms. The number of para-hydroxylation sites is 2. The van der Waals surface area contributed by atoms with E-state index < -0.39 is 0 Å². The molecule has 2 heterocycles. The van der Waals surface area contributed by atoms with Crippen LogP contribution in [0.4, 0.5) is 11.4 Å². The average Bonchev–Trinajstić information content (AvgIpc) is 3.42. The number of methoxy groups -OCH3 is 1. The summed E-state index contributed by atoms with van der Waals surface area (Å²) in [6.45, 7) is 1.41. The molecule has 0 saturated heterocycles. The van der Waals surface area contributed by atoms with Crippen molar-refractivity contribution in [1.82, 2.24) is 20.2 Å². The van der Waals surface area contributed by atoms with E-state index in [2.05, 4.69) is 30.8 Å². The first-order chi connectivity index (χ1) is 16.0. The molecule has 0 atom stereocenters. The molecule has 2 aromatic heterocycles. The lowest BCUT2D eigenvalue weighted by Crippen LogP contribution is -2.15. The fourth-order valence-corrected chi connectivity index (χ4v) is 3.73. The first-order valence-corrected chi connectivity index (χ1v) is 11.1. The Balaban J connectivity index is 1.30. The number of nitrogens with zero attached hydrogens (tertiary/aromatic N) is 3. The third-order valence-electron chi connectivity index (χ3n) is 4.58. The number of aryl methyl sites for hydroxylation is 2. The third-order valence-corrected chi connectivity index (χ3v) is 5.40. The first kappa shape index (κ1) is 22.3. The number of H-pyrrole nitrogens is 1. The molecule has 11 heteroatoms. The Morgan fingerprint density at radius 1 is 1.12 bits per heavy atom. The fraction of sp³-hybridized carbons (Fsp3) is 0.227. The molecule has 4 aromatic rings. The van der Waals surface area contributed by atoms with Crippen LogP contribution >= 0.6 is 11.8 Å². The SMILES string of the molecule is COc1ccc(NC(C)=O)cc1NC(=O)CSc1nnc(CCc2nc3ccccc3[nH]2)o1. The van der Waals surface area contributed by atoms with Gasteiger partial charge in [-0.3, -0.25) is 9.59 Å². The number of rotatable bonds is 9. The van der Waals surface area contributed by atoms with Gasteiger partial charge in [0.1, 0.15) is 11.6 Å². The van der Waals surface area contributed by atoms with E-state index in [1.807, 2.05) is 24.3 Å². The van der Waals surface area contributed by atoms with E-state index in [4.69, 9.17) is 9.15 Å². The van der Waals surface area contributed by atoms with Crippen LogP contribution in [0.25, 0.3) is 11.0 Å². The van der Waals surface area contributed by atoms with Gasteiger partial charge in [-0.15, -0.1) is 10.2 Å². The Bertz CT molecular complexity index is 1250.